The quantitative estimate of drug-likeness (QED) is 0.404. The van der Waals surface area contributed by atoms with Crippen LogP contribution in [0.15, 0.2) is 30.9 Å². The zero-order valence-electron chi connectivity index (χ0n) is 17.6. The van der Waals surface area contributed by atoms with Gasteiger partial charge in [-0.15, -0.1) is 0 Å². The molecule has 0 atom stereocenters. The second kappa shape index (κ2) is 8.41. The molecule has 7 nitrogen and oxygen atoms in total. The molecular formula is C21H26IN5O2S. The van der Waals surface area contributed by atoms with Crippen molar-refractivity contribution in [1.29, 1.82) is 0 Å². The minimum absolute atomic E-state index is 0.228. The van der Waals surface area contributed by atoms with E-state index in [1.165, 1.54) is 5.56 Å². The average Bonchev–Trinajstić information content (AvgIpc) is 3.32. The van der Waals surface area contributed by atoms with Gasteiger partial charge < -0.3 is 9.64 Å². The van der Waals surface area contributed by atoms with Crippen molar-refractivity contribution in [2.45, 2.75) is 52.2 Å². The van der Waals surface area contributed by atoms with Crippen LogP contribution in [0.5, 0.6) is 0 Å². The first-order valence-corrected chi connectivity index (χ1v) is 13.4. The number of aromatic nitrogens is 4. The van der Waals surface area contributed by atoms with Gasteiger partial charge in [0.25, 0.3) is 0 Å². The largest absolute Gasteiger partial charge is 0.444 e. The Hall–Kier alpha value is -1.75. The maximum absolute atomic E-state index is 12.3. The molecule has 160 valence electrons. The number of hydrogen-bond donors (Lipinski definition) is 0. The lowest BCUT2D eigenvalue weighted by Gasteiger charge is -2.33. The molecule has 0 radical (unpaired) electrons. The normalized spacial score (nSPS) is 15.7. The smallest absolute Gasteiger partial charge is 0.410 e. The summed E-state index contributed by atoms with van der Waals surface area (Å²) in [5, 5.41) is 5.78. The Morgan fingerprint density at radius 2 is 1.93 bits per heavy atom. The SMILES string of the molecule is Cc1cn(SI)c2ncc(-c3cnn(C4CCN(C(=O)OC(C)(C)C)CC4)c3)cc12. The van der Waals surface area contributed by atoms with Gasteiger partial charge in [0.05, 0.1) is 12.2 Å². The summed E-state index contributed by atoms with van der Waals surface area (Å²) in [6.07, 6.45) is 9.53. The van der Waals surface area contributed by atoms with Gasteiger partial charge in [0.15, 0.2) is 5.65 Å². The molecule has 4 rings (SSSR count). The van der Waals surface area contributed by atoms with E-state index in [1.54, 1.807) is 14.0 Å². The fourth-order valence-electron chi connectivity index (χ4n) is 3.77. The molecule has 1 aliphatic rings. The molecule has 30 heavy (non-hydrogen) atoms. The number of likely N-dealkylation sites (tertiary alicyclic amines) is 1. The number of carbonyl (C=O) groups excluding carboxylic acids is 1. The molecule has 9 heteroatoms. The highest BCUT2D eigenvalue weighted by molar-refractivity contribution is 14.2. The number of aryl methyl sites for hydroxylation is 1. The minimum Gasteiger partial charge on any atom is -0.444 e. The number of ether oxygens (including phenoxy) is 1. The van der Waals surface area contributed by atoms with Crippen LogP contribution in [-0.2, 0) is 4.74 Å². The summed E-state index contributed by atoms with van der Waals surface area (Å²) < 4.78 is 9.60. The Labute approximate surface area is 192 Å². The number of nitrogens with zero attached hydrogens (tertiary/aromatic N) is 5. The van der Waals surface area contributed by atoms with Crippen LogP contribution in [-0.4, -0.2) is 48.4 Å². The van der Waals surface area contributed by atoms with E-state index in [9.17, 15) is 4.79 Å². The average molecular weight is 539 g/mol. The predicted molar refractivity (Wildman–Crippen MR) is 129 cm³/mol. The number of carbonyl (C=O) groups is 1. The lowest BCUT2D eigenvalue weighted by atomic mass is 10.1. The molecule has 0 unspecified atom stereocenters. The van der Waals surface area contributed by atoms with Crippen LogP contribution in [0.4, 0.5) is 4.79 Å². The van der Waals surface area contributed by atoms with Gasteiger partial charge in [-0.1, -0.05) is 0 Å². The number of amides is 1. The fourth-order valence-corrected chi connectivity index (χ4v) is 5.08. The number of rotatable bonds is 3. The topological polar surface area (TPSA) is 65.2 Å². The van der Waals surface area contributed by atoms with Crippen molar-refractivity contribution in [3.05, 3.63) is 36.4 Å². The summed E-state index contributed by atoms with van der Waals surface area (Å²) in [7, 11) is 1.62. The minimum atomic E-state index is -0.464. The Balaban J connectivity index is 1.46. The van der Waals surface area contributed by atoms with Crippen LogP contribution in [0.1, 0.15) is 45.2 Å². The number of piperidine rings is 1. The van der Waals surface area contributed by atoms with Crippen molar-refractivity contribution in [2.24, 2.45) is 0 Å². The molecule has 1 aliphatic heterocycles. The monoisotopic (exact) mass is 539 g/mol. The van der Waals surface area contributed by atoms with Gasteiger partial charge >= 0.3 is 6.09 Å². The van der Waals surface area contributed by atoms with E-state index < -0.39 is 5.60 Å². The highest BCUT2D eigenvalue weighted by Crippen LogP contribution is 2.31. The fraction of sp³-hybridized carbons (Fsp3) is 0.476. The third-order valence-corrected chi connectivity index (χ3v) is 7.01. The molecule has 1 amide bonds. The van der Waals surface area contributed by atoms with Gasteiger partial charge in [0, 0.05) is 78.5 Å². The highest BCUT2D eigenvalue weighted by atomic mass is 127. The Morgan fingerprint density at radius 1 is 1.20 bits per heavy atom. The predicted octanol–water partition coefficient (Wildman–Crippen LogP) is 5.63. The molecule has 1 fully saturated rings. The van der Waals surface area contributed by atoms with Crippen molar-refractivity contribution in [3.63, 3.8) is 0 Å². The van der Waals surface area contributed by atoms with E-state index in [1.807, 2.05) is 37.8 Å². The van der Waals surface area contributed by atoms with E-state index in [4.69, 9.17) is 4.74 Å². The Morgan fingerprint density at radius 3 is 2.60 bits per heavy atom. The van der Waals surface area contributed by atoms with E-state index in [0.717, 1.165) is 35.0 Å². The molecule has 3 aromatic rings. The summed E-state index contributed by atoms with van der Waals surface area (Å²) in [4.78, 5) is 18.7. The molecule has 4 heterocycles. The van der Waals surface area contributed by atoms with Gasteiger partial charge in [-0.3, -0.25) is 8.65 Å². The molecular weight excluding hydrogens is 513 g/mol. The lowest BCUT2D eigenvalue weighted by molar-refractivity contribution is 0.0185. The van der Waals surface area contributed by atoms with Gasteiger partial charge in [-0.05, 0) is 52.2 Å². The van der Waals surface area contributed by atoms with Crippen molar-refractivity contribution in [3.8, 4) is 11.1 Å². The Bertz CT molecular complexity index is 1060. The van der Waals surface area contributed by atoms with Gasteiger partial charge in [-0.2, -0.15) is 5.10 Å². The maximum Gasteiger partial charge on any atom is 0.410 e. The highest BCUT2D eigenvalue weighted by Gasteiger charge is 2.28. The van der Waals surface area contributed by atoms with E-state index in [2.05, 4.69) is 60.6 Å². The number of halogens is 1. The molecule has 0 aliphatic carbocycles. The summed E-state index contributed by atoms with van der Waals surface area (Å²) in [5.41, 5.74) is 3.87. The molecule has 0 saturated carbocycles. The van der Waals surface area contributed by atoms with Crippen molar-refractivity contribution in [1.82, 2.24) is 23.6 Å². The third kappa shape index (κ3) is 4.46. The van der Waals surface area contributed by atoms with Crippen LogP contribution >= 0.6 is 30.3 Å². The van der Waals surface area contributed by atoms with E-state index >= 15 is 0 Å². The summed E-state index contributed by atoms with van der Waals surface area (Å²) >= 11 is 2.27. The molecule has 0 spiro atoms. The van der Waals surface area contributed by atoms with Crippen LogP contribution in [0, 0.1) is 6.92 Å². The zero-order chi connectivity index (χ0) is 21.5. The molecule has 0 bridgehead atoms. The second-order valence-corrected chi connectivity index (χ2v) is 10.4. The van der Waals surface area contributed by atoms with Gasteiger partial charge in [-0.25, -0.2) is 9.78 Å². The maximum atomic E-state index is 12.3. The molecule has 0 N–H and O–H groups in total. The van der Waals surface area contributed by atoms with Crippen LogP contribution < -0.4 is 0 Å². The first-order chi connectivity index (χ1) is 14.2. The summed E-state index contributed by atoms with van der Waals surface area (Å²) in [5.74, 6) is 0. The van der Waals surface area contributed by atoms with Crippen molar-refractivity contribution < 1.29 is 9.53 Å². The molecule has 1 saturated heterocycles. The number of hydrogen-bond acceptors (Lipinski definition) is 5. The first kappa shape index (κ1) is 21.5. The lowest BCUT2D eigenvalue weighted by Crippen LogP contribution is -2.42. The Kier molecular flexibility index (Phi) is 6.02. The van der Waals surface area contributed by atoms with Gasteiger partial charge in [0.1, 0.15) is 5.60 Å². The number of pyridine rings is 1. The van der Waals surface area contributed by atoms with Crippen molar-refractivity contribution in [2.75, 3.05) is 13.1 Å². The molecule has 0 aromatic carbocycles. The van der Waals surface area contributed by atoms with Crippen LogP contribution in [0.3, 0.4) is 0 Å². The second-order valence-electron chi connectivity index (χ2n) is 8.71. The van der Waals surface area contributed by atoms with Crippen LogP contribution in [0.25, 0.3) is 22.2 Å². The van der Waals surface area contributed by atoms with Gasteiger partial charge in [0.2, 0.25) is 0 Å². The summed E-state index contributed by atoms with van der Waals surface area (Å²) in [6, 6.07) is 2.47. The standard InChI is InChI=1S/C21H26IN5O2S/c1-14-12-27(30-22)19-18(14)9-15(10-23-19)16-11-24-26(13-16)17-5-7-25(8-6-17)20(28)29-21(2,3)4/h9-13,17H,5-8H2,1-4H3. The van der Waals surface area contributed by atoms with Crippen molar-refractivity contribution >= 4 is 47.5 Å². The zero-order valence-corrected chi connectivity index (χ0v) is 20.6. The first-order valence-electron chi connectivity index (χ1n) is 10.0. The summed E-state index contributed by atoms with van der Waals surface area (Å²) in [6.45, 7) is 9.16. The van der Waals surface area contributed by atoms with Crippen LogP contribution in [0.2, 0.25) is 0 Å². The van der Waals surface area contributed by atoms with E-state index in [0.29, 0.717) is 13.1 Å². The van der Waals surface area contributed by atoms with E-state index in [-0.39, 0.29) is 12.1 Å². The number of fused-ring (bicyclic) bond motifs is 1. The molecule has 3 aromatic heterocycles. The third-order valence-electron chi connectivity index (χ3n) is 5.31.